The fourth-order valence-corrected chi connectivity index (χ4v) is 4.00. The summed E-state index contributed by atoms with van der Waals surface area (Å²) in [5.41, 5.74) is 6.99. The van der Waals surface area contributed by atoms with E-state index >= 15 is 0 Å². The highest BCUT2D eigenvalue weighted by Gasteiger charge is 2.10. The number of nitrogens with two attached hydrogens (primary N) is 1. The third-order valence-corrected chi connectivity index (χ3v) is 6.10. The van der Waals surface area contributed by atoms with Crippen molar-refractivity contribution in [3.05, 3.63) is 59.7 Å². The van der Waals surface area contributed by atoms with Gasteiger partial charge < -0.3 is 20.1 Å². The van der Waals surface area contributed by atoms with Crippen molar-refractivity contribution < 1.29 is 23.5 Å². The smallest absolute Gasteiger partial charge is 0.217 e. The van der Waals surface area contributed by atoms with Crippen LogP contribution in [0.25, 0.3) is 0 Å². The zero-order valence-corrected chi connectivity index (χ0v) is 21.6. The number of nitrogens with zero attached hydrogens (tertiary/aromatic N) is 1. The van der Waals surface area contributed by atoms with Crippen LogP contribution in [0.4, 0.5) is 4.39 Å². The van der Waals surface area contributed by atoms with Crippen LogP contribution in [0.1, 0.15) is 67.3 Å². The molecule has 1 aliphatic heterocycles. The van der Waals surface area contributed by atoms with Crippen molar-refractivity contribution in [2.75, 3.05) is 40.0 Å². The van der Waals surface area contributed by atoms with E-state index in [-0.39, 0.29) is 24.8 Å². The molecule has 0 saturated carbocycles. The second-order valence-corrected chi connectivity index (χ2v) is 9.01. The number of hydrogen-bond donors (Lipinski definition) is 1. The second kappa shape index (κ2) is 17.5. The lowest BCUT2D eigenvalue weighted by Crippen LogP contribution is -2.20. The SMILES string of the molecule is COc1ccc(C(=O)CCCC(N)=O)cc1.FCCCCOc1ccc(CCCN2CCCC2)cc1. The predicted octanol–water partition coefficient (Wildman–Crippen LogP) is 5.38. The Bertz CT molecular complexity index is 881. The number of benzene rings is 2. The molecule has 7 heteroatoms. The Morgan fingerprint density at radius 2 is 1.56 bits per heavy atom. The molecule has 0 atom stereocenters. The van der Waals surface area contributed by atoms with E-state index in [1.54, 1.807) is 31.4 Å². The van der Waals surface area contributed by atoms with Gasteiger partial charge in [-0.1, -0.05) is 12.1 Å². The van der Waals surface area contributed by atoms with Crippen molar-refractivity contribution in [2.45, 2.75) is 57.8 Å². The van der Waals surface area contributed by atoms with E-state index in [0.29, 0.717) is 37.2 Å². The Labute approximate surface area is 215 Å². The minimum Gasteiger partial charge on any atom is -0.497 e. The van der Waals surface area contributed by atoms with E-state index in [1.165, 1.54) is 44.5 Å². The van der Waals surface area contributed by atoms with Crippen molar-refractivity contribution in [3.63, 3.8) is 0 Å². The number of ether oxygens (including phenoxy) is 2. The normalized spacial score (nSPS) is 13.1. The Morgan fingerprint density at radius 1 is 0.889 bits per heavy atom. The van der Waals surface area contributed by atoms with E-state index < -0.39 is 0 Å². The maximum atomic E-state index is 11.9. The number of unbranched alkanes of at least 4 members (excludes halogenated alkanes) is 1. The quantitative estimate of drug-likeness (QED) is 0.262. The van der Waals surface area contributed by atoms with Crippen molar-refractivity contribution in [2.24, 2.45) is 5.73 Å². The molecular formula is C29H41FN2O4. The van der Waals surface area contributed by atoms with Gasteiger partial charge in [0.1, 0.15) is 11.5 Å². The maximum Gasteiger partial charge on any atom is 0.217 e. The number of alkyl halides is 1. The van der Waals surface area contributed by atoms with Gasteiger partial charge >= 0.3 is 0 Å². The molecule has 2 aromatic carbocycles. The number of halogens is 1. The number of primary amides is 1. The molecule has 0 spiro atoms. The topological polar surface area (TPSA) is 81.9 Å². The van der Waals surface area contributed by atoms with Crippen LogP contribution >= 0.6 is 0 Å². The molecule has 1 heterocycles. The van der Waals surface area contributed by atoms with Crippen molar-refractivity contribution in [3.8, 4) is 11.5 Å². The number of carbonyl (C=O) groups is 2. The van der Waals surface area contributed by atoms with Crippen LogP contribution in [-0.4, -0.2) is 56.6 Å². The molecule has 0 aliphatic carbocycles. The van der Waals surface area contributed by atoms with Gasteiger partial charge in [0.25, 0.3) is 0 Å². The molecule has 0 unspecified atom stereocenters. The second-order valence-electron chi connectivity index (χ2n) is 9.01. The Balaban J connectivity index is 0.000000261. The van der Waals surface area contributed by atoms with Crippen LogP contribution in [0.15, 0.2) is 48.5 Å². The highest BCUT2D eigenvalue weighted by atomic mass is 19.1. The third-order valence-electron chi connectivity index (χ3n) is 6.10. The van der Waals surface area contributed by atoms with Crippen LogP contribution in [0.3, 0.4) is 0 Å². The molecule has 3 rings (SSSR count). The molecule has 0 radical (unpaired) electrons. The third kappa shape index (κ3) is 12.2. The first-order valence-electron chi connectivity index (χ1n) is 13.0. The van der Waals surface area contributed by atoms with Gasteiger partial charge in [-0.3, -0.25) is 14.0 Å². The molecule has 1 saturated heterocycles. The van der Waals surface area contributed by atoms with Crippen LogP contribution in [0.2, 0.25) is 0 Å². The van der Waals surface area contributed by atoms with E-state index in [1.807, 2.05) is 12.1 Å². The molecule has 36 heavy (non-hydrogen) atoms. The Hall–Kier alpha value is -2.93. The number of Topliss-reactive ketones (excluding diaryl/α,β-unsaturated/α-hetero) is 1. The number of hydrogen-bond acceptors (Lipinski definition) is 5. The van der Waals surface area contributed by atoms with Gasteiger partial charge in [0.2, 0.25) is 5.91 Å². The summed E-state index contributed by atoms with van der Waals surface area (Å²) in [6, 6.07) is 15.3. The minimum atomic E-state index is -0.373. The summed E-state index contributed by atoms with van der Waals surface area (Å²) in [5, 5.41) is 0. The highest BCUT2D eigenvalue weighted by Crippen LogP contribution is 2.15. The van der Waals surface area contributed by atoms with E-state index in [2.05, 4.69) is 17.0 Å². The molecule has 1 aliphatic rings. The first kappa shape index (κ1) is 29.3. The van der Waals surface area contributed by atoms with Gasteiger partial charge in [-0.25, -0.2) is 0 Å². The van der Waals surface area contributed by atoms with E-state index in [0.717, 1.165) is 18.6 Å². The van der Waals surface area contributed by atoms with Crippen LogP contribution < -0.4 is 15.2 Å². The minimum absolute atomic E-state index is 0.0175. The van der Waals surface area contributed by atoms with Crippen LogP contribution in [-0.2, 0) is 11.2 Å². The zero-order valence-electron chi connectivity index (χ0n) is 21.6. The highest BCUT2D eigenvalue weighted by molar-refractivity contribution is 5.96. The monoisotopic (exact) mass is 500 g/mol. The van der Waals surface area contributed by atoms with E-state index in [4.69, 9.17) is 15.2 Å². The molecule has 2 N–H and O–H groups in total. The number of amides is 1. The molecule has 0 aromatic heterocycles. The van der Waals surface area contributed by atoms with Crippen molar-refractivity contribution in [1.29, 1.82) is 0 Å². The maximum absolute atomic E-state index is 11.9. The Morgan fingerprint density at radius 3 is 2.17 bits per heavy atom. The van der Waals surface area contributed by atoms with Gasteiger partial charge in [0, 0.05) is 18.4 Å². The van der Waals surface area contributed by atoms with Gasteiger partial charge in [0.05, 0.1) is 20.4 Å². The molecule has 1 amide bonds. The Kier molecular flexibility index (Phi) is 14.2. The summed E-state index contributed by atoms with van der Waals surface area (Å²) in [5.74, 6) is 1.26. The average Bonchev–Trinajstić information content (AvgIpc) is 3.41. The standard InChI is InChI=1S/C17H26FNO.C12H15NO3/c18-11-1-4-15-20-17-9-7-16(8-10-17)6-5-14-19-12-2-3-13-19;1-16-10-7-5-9(6-8-10)11(14)3-2-4-12(13)15/h7-10H,1-6,11-15H2;5-8H,2-4H2,1H3,(H2,13,15). The number of ketones is 1. The summed E-state index contributed by atoms with van der Waals surface area (Å²) >= 11 is 0. The lowest BCUT2D eigenvalue weighted by molar-refractivity contribution is -0.118. The van der Waals surface area contributed by atoms with Gasteiger partial charge in [-0.15, -0.1) is 0 Å². The van der Waals surface area contributed by atoms with Crippen molar-refractivity contribution >= 4 is 11.7 Å². The molecule has 0 bridgehead atoms. The lowest BCUT2D eigenvalue weighted by atomic mass is 10.1. The lowest BCUT2D eigenvalue weighted by Gasteiger charge is -2.14. The summed E-state index contributed by atoms with van der Waals surface area (Å²) in [6.07, 6.45) is 7.58. The number of carbonyl (C=O) groups excluding carboxylic acids is 2. The van der Waals surface area contributed by atoms with Gasteiger partial charge in [-0.05, 0) is 107 Å². The summed E-state index contributed by atoms with van der Waals surface area (Å²) in [6.45, 7) is 4.15. The van der Waals surface area contributed by atoms with Gasteiger partial charge in [0.15, 0.2) is 5.78 Å². The molecule has 2 aromatic rings. The average molecular weight is 501 g/mol. The van der Waals surface area contributed by atoms with E-state index in [9.17, 15) is 14.0 Å². The first-order valence-corrected chi connectivity index (χ1v) is 13.0. The predicted molar refractivity (Wildman–Crippen MR) is 142 cm³/mol. The summed E-state index contributed by atoms with van der Waals surface area (Å²) in [4.78, 5) is 24.7. The fourth-order valence-electron chi connectivity index (χ4n) is 4.00. The van der Waals surface area contributed by atoms with Crippen molar-refractivity contribution in [1.82, 2.24) is 4.90 Å². The number of methoxy groups -OCH3 is 1. The van der Waals surface area contributed by atoms with Crippen LogP contribution in [0, 0.1) is 0 Å². The molecular weight excluding hydrogens is 459 g/mol. The largest absolute Gasteiger partial charge is 0.497 e. The fraction of sp³-hybridized carbons (Fsp3) is 0.517. The molecule has 198 valence electrons. The molecule has 1 fully saturated rings. The number of aryl methyl sites for hydroxylation is 1. The molecule has 6 nitrogen and oxygen atoms in total. The summed E-state index contributed by atoms with van der Waals surface area (Å²) in [7, 11) is 1.57. The van der Waals surface area contributed by atoms with Crippen LogP contribution in [0.5, 0.6) is 11.5 Å². The number of likely N-dealkylation sites (tertiary alicyclic amines) is 1. The summed E-state index contributed by atoms with van der Waals surface area (Å²) < 4.78 is 22.5. The zero-order chi connectivity index (χ0) is 26.0. The number of rotatable bonds is 15. The van der Waals surface area contributed by atoms with Gasteiger partial charge in [-0.2, -0.15) is 0 Å². The first-order chi connectivity index (χ1) is 17.5.